The zero-order chi connectivity index (χ0) is 21.8. The summed E-state index contributed by atoms with van der Waals surface area (Å²) in [4.78, 5) is 23.2. The van der Waals surface area contributed by atoms with Crippen LogP contribution in [-0.2, 0) is 6.54 Å². The first-order valence-electron chi connectivity index (χ1n) is 11.7. The zero-order valence-corrected chi connectivity index (χ0v) is 18.7. The van der Waals surface area contributed by atoms with Crippen LogP contribution in [0.5, 0.6) is 0 Å². The van der Waals surface area contributed by atoms with Gasteiger partial charge in [0.1, 0.15) is 5.82 Å². The van der Waals surface area contributed by atoms with Crippen LogP contribution in [0.2, 0.25) is 0 Å². The van der Waals surface area contributed by atoms with E-state index in [1.165, 1.54) is 24.8 Å². The van der Waals surface area contributed by atoms with Gasteiger partial charge in [-0.3, -0.25) is 9.88 Å². The molecule has 1 N–H and O–H groups in total. The normalized spacial score (nSPS) is 19.9. The van der Waals surface area contributed by atoms with Gasteiger partial charge in [0.25, 0.3) is 0 Å². The van der Waals surface area contributed by atoms with Crippen LogP contribution < -0.4 is 10.2 Å². The van der Waals surface area contributed by atoms with Gasteiger partial charge in [0, 0.05) is 43.8 Å². The summed E-state index contributed by atoms with van der Waals surface area (Å²) in [6.45, 7) is 6.38. The summed E-state index contributed by atoms with van der Waals surface area (Å²) < 4.78 is 0. The molecule has 32 heavy (non-hydrogen) atoms. The molecular weight excluding hydrogens is 398 g/mol. The van der Waals surface area contributed by atoms with Crippen molar-refractivity contribution in [3.8, 4) is 0 Å². The zero-order valence-electron chi connectivity index (χ0n) is 18.7. The highest BCUT2D eigenvalue weighted by atomic mass is 15.3. The second-order valence-corrected chi connectivity index (χ2v) is 9.00. The molecule has 2 aliphatic rings. The Balaban J connectivity index is 1.21. The fourth-order valence-corrected chi connectivity index (χ4v) is 4.65. The van der Waals surface area contributed by atoms with Crippen LogP contribution in [0.15, 0.2) is 55.1 Å². The fraction of sp³-hybridized carbons (Fsp3) is 0.440. The summed E-state index contributed by atoms with van der Waals surface area (Å²) in [5.74, 6) is 2.51. The first-order chi connectivity index (χ1) is 15.7. The molecule has 7 nitrogen and oxygen atoms in total. The molecule has 0 saturated carbocycles. The number of pyridine rings is 2. The van der Waals surface area contributed by atoms with Gasteiger partial charge in [0.2, 0.25) is 5.95 Å². The highest BCUT2D eigenvalue weighted by molar-refractivity contribution is 5.54. The molecular formula is C25H31N7. The lowest BCUT2D eigenvalue weighted by Gasteiger charge is -2.30. The summed E-state index contributed by atoms with van der Waals surface area (Å²) >= 11 is 0. The van der Waals surface area contributed by atoms with Crippen molar-refractivity contribution < 1.29 is 0 Å². The van der Waals surface area contributed by atoms with E-state index >= 15 is 0 Å². The van der Waals surface area contributed by atoms with E-state index < -0.39 is 0 Å². The van der Waals surface area contributed by atoms with Crippen molar-refractivity contribution in [3.05, 3.63) is 66.4 Å². The van der Waals surface area contributed by atoms with E-state index in [1.807, 2.05) is 36.8 Å². The topological polar surface area (TPSA) is 70.1 Å². The van der Waals surface area contributed by atoms with Gasteiger partial charge in [-0.1, -0.05) is 13.0 Å². The quantitative estimate of drug-likeness (QED) is 0.615. The first-order valence-corrected chi connectivity index (χ1v) is 11.7. The van der Waals surface area contributed by atoms with E-state index in [2.05, 4.69) is 49.1 Å². The minimum atomic E-state index is 0.335. The van der Waals surface area contributed by atoms with E-state index in [-0.39, 0.29) is 0 Å². The average molecular weight is 430 g/mol. The van der Waals surface area contributed by atoms with Crippen LogP contribution in [0.4, 0.5) is 17.5 Å². The van der Waals surface area contributed by atoms with Crippen LogP contribution in [0.25, 0.3) is 0 Å². The number of anilines is 3. The minimum Gasteiger partial charge on any atom is -0.341 e. The molecule has 0 aromatic carbocycles. The van der Waals surface area contributed by atoms with Gasteiger partial charge >= 0.3 is 0 Å². The molecule has 7 heteroatoms. The van der Waals surface area contributed by atoms with Crippen LogP contribution in [0.3, 0.4) is 0 Å². The van der Waals surface area contributed by atoms with Crippen molar-refractivity contribution in [2.45, 2.75) is 45.2 Å². The Kier molecular flexibility index (Phi) is 6.25. The summed E-state index contributed by atoms with van der Waals surface area (Å²) in [5, 5.41) is 3.30. The molecule has 1 atom stereocenters. The summed E-state index contributed by atoms with van der Waals surface area (Å²) in [7, 11) is 0. The molecule has 5 heterocycles. The van der Waals surface area contributed by atoms with Gasteiger partial charge in [-0.15, -0.1) is 0 Å². The maximum Gasteiger partial charge on any atom is 0.225 e. The molecule has 0 spiro atoms. The van der Waals surface area contributed by atoms with E-state index in [1.54, 1.807) is 6.20 Å². The molecule has 166 valence electrons. The molecule has 2 fully saturated rings. The number of likely N-dealkylation sites (tertiary alicyclic amines) is 1. The Morgan fingerprint density at radius 2 is 1.75 bits per heavy atom. The number of piperidine rings is 1. The molecule has 2 saturated heterocycles. The summed E-state index contributed by atoms with van der Waals surface area (Å²) in [6.07, 6.45) is 12.5. The van der Waals surface area contributed by atoms with Crippen LogP contribution in [0, 0.1) is 5.92 Å². The van der Waals surface area contributed by atoms with E-state index in [9.17, 15) is 0 Å². The molecule has 3 aromatic heterocycles. The predicted octanol–water partition coefficient (Wildman–Crippen LogP) is 4.58. The van der Waals surface area contributed by atoms with E-state index in [0.29, 0.717) is 6.04 Å². The van der Waals surface area contributed by atoms with Crippen LogP contribution in [-0.4, -0.2) is 44.5 Å². The van der Waals surface area contributed by atoms with Crippen molar-refractivity contribution in [3.63, 3.8) is 0 Å². The lowest BCUT2D eigenvalue weighted by atomic mass is 10.00. The molecule has 0 bridgehead atoms. The largest absolute Gasteiger partial charge is 0.341 e. The molecule has 3 aromatic rings. The van der Waals surface area contributed by atoms with E-state index in [4.69, 9.17) is 4.98 Å². The number of hydrogen-bond donors (Lipinski definition) is 1. The monoisotopic (exact) mass is 429 g/mol. The Hall–Kier alpha value is -3.06. The van der Waals surface area contributed by atoms with E-state index in [0.717, 1.165) is 61.7 Å². The molecule has 5 rings (SSSR count). The van der Waals surface area contributed by atoms with Crippen molar-refractivity contribution in [2.75, 3.05) is 29.9 Å². The minimum absolute atomic E-state index is 0.335. The molecule has 0 aliphatic carbocycles. The highest BCUT2D eigenvalue weighted by Crippen LogP contribution is 2.32. The van der Waals surface area contributed by atoms with Crippen LogP contribution in [0.1, 0.15) is 49.9 Å². The third-order valence-corrected chi connectivity index (χ3v) is 6.57. The molecule has 1 unspecified atom stereocenters. The fourth-order valence-electron chi connectivity index (χ4n) is 4.65. The van der Waals surface area contributed by atoms with Gasteiger partial charge in [-0.2, -0.15) is 0 Å². The number of rotatable bonds is 6. The Bertz CT molecular complexity index is 983. The predicted molar refractivity (Wildman–Crippen MR) is 127 cm³/mol. The third kappa shape index (κ3) is 4.88. The number of nitrogens with one attached hydrogen (secondary N) is 1. The van der Waals surface area contributed by atoms with Gasteiger partial charge in [0.05, 0.1) is 23.6 Å². The third-order valence-electron chi connectivity index (χ3n) is 6.57. The van der Waals surface area contributed by atoms with Gasteiger partial charge < -0.3 is 10.2 Å². The van der Waals surface area contributed by atoms with Crippen LogP contribution >= 0.6 is 0 Å². The molecule has 2 aliphatic heterocycles. The number of nitrogens with zero attached hydrogens (tertiary/aromatic N) is 6. The van der Waals surface area contributed by atoms with Crippen molar-refractivity contribution >= 4 is 17.5 Å². The second kappa shape index (κ2) is 9.61. The lowest BCUT2D eigenvalue weighted by Crippen LogP contribution is -2.34. The maximum atomic E-state index is 4.76. The molecule has 0 radical (unpaired) electrons. The van der Waals surface area contributed by atoms with Gasteiger partial charge in [-0.25, -0.2) is 15.0 Å². The van der Waals surface area contributed by atoms with Gasteiger partial charge in [-0.05, 0) is 62.4 Å². The summed E-state index contributed by atoms with van der Waals surface area (Å²) in [5.41, 5.74) is 3.24. The highest BCUT2D eigenvalue weighted by Gasteiger charge is 2.27. The lowest BCUT2D eigenvalue weighted by molar-refractivity contribution is 0.244. The number of aromatic nitrogens is 4. The maximum absolute atomic E-state index is 4.76. The molecule has 0 amide bonds. The SMILES string of the molecule is CC1CCN(c2ncc(CN3CCCC3c3ccc(Nc4ccccn4)cn3)cn2)CC1. The Labute approximate surface area is 189 Å². The summed E-state index contributed by atoms with van der Waals surface area (Å²) in [6, 6.07) is 10.4. The first kappa shape index (κ1) is 20.8. The second-order valence-electron chi connectivity index (χ2n) is 9.00. The van der Waals surface area contributed by atoms with Crippen molar-refractivity contribution in [1.29, 1.82) is 0 Å². The Morgan fingerprint density at radius 3 is 2.47 bits per heavy atom. The van der Waals surface area contributed by atoms with Crippen molar-refractivity contribution in [2.24, 2.45) is 5.92 Å². The van der Waals surface area contributed by atoms with Crippen molar-refractivity contribution in [1.82, 2.24) is 24.8 Å². The standard InChI is InChI=1S/C25H31N7/c1-19-9-13-31(14-10-19)25-28-15-20(16-29-25)18-32-12-4-5-23(32)22-8-7-21(17-27-22)30-24-6-2-3-11-26-24/h2-3,6-8,11,15-17,19,23H,4-5,9-10,12-14,18H2,1H3,(H,26,30). The van der Waals surface area contributed by atoms with Gasteiger partial charge in [0.15, 0.2) is 0 Å². The number of hydrogen-bond acceptors (Lipinski definition) is 7. The average Bonchev–Trinajstić information content (AvgIpc) is 3.29. The smallest absolute Gasteiger partial charge is 0.225 e. The Morgan fingerprint density at radius 1 is 0.906 bits per heavy atom.